The highest BCUT2D eigenvalue weighted by molar-refractivity contribution is 7.00. The molecule has 0 saturated heterocycles. The van der Waals surface area contributed by atoms with Crippen LogP contribution in [0.2, 0.25) is 0 Å². The van der Waals surface area contributed by atoms with E-state index >= 15 is 0 Å². The lowest BCUT2D eigenvalue weighted by molar-refractivity contribution is 0.475. The third kappa shape index (κ3) is 3.68. The first-order valence-corrected chi connectivity index (χ1v) is 2.84. The van der Waals surface area contributed by atoms with E-state index in [9.17, 15) is 0 Å². The molecule has 0 radical (unpaired) electrons. The van der Waals surface area contributed by atoms with Gasteiger partial charge < -0.3 is 5.11 Å². The maximum Gasteiger partial charge on any atom is 0.310 e. The molecule has 0 aromatic heterocycles. The van der Waals surface area contributed by atoms with Gasteiger partial charge in [-0.15, -0.1) is 0 Å². The summed E-state index contributed by atoms with van der Waals surface area (Å²) in [4.78, 5) is 0. The first kappa shape index (κ1) is 8.12. The van der Waals surface area contributed by atoms with Gasteiger partial charge in [0.1, 0.15) is 5.75 Å². The fourth-order valence-electron chi connectivity index (χ4n) is 0.428. The van der Waals surface area contributed by atoms with Crippen LogP contribution in [0.3, 0.4) is 0 Å². The van der Waals surface area contributed by atoms with Crippen LogP contribution in [0.15, 0.2) is 30.3 Å². The van der Waals surface area contributed by atoms with Gasteiger partial charge in [0, 0.05) is 0 Å². The lowest BCUT2D eigenvalue weighted by atomic mass is 10.3. The van der Waals surface area contributed by atoms with Crippen molar-refractivity contribution in [2.45, 2.75) is 0 Å². The number of benzene rings is 1. The van der Waals surface area contributed by atoms with Crippen molar-refractivity contribution in [1.82, 2.24) is 0 Å². The van der Waals surface area contributed by atoms with Gasteiger partial charge in [-0.25, -0.2) is 0 Å². The number of aromatic hydroxyl groups is 1. The molecular formula is C6H8O2P+. The molecule has 0 heterocycles. The van der Waals surface area contributed by atoms with Crippen LogP contribution in [-0.4, -0.2) is 5.11 Å². The highest BCUT2D eigenvalue weighted by Gasteiger charge is 1.74. The molecule has 1 rings (SSSR count). The van der Waals surface area contributed by atoms with Gasteiger partial charge in [0.05, 0.1) is 0 Å². The van der Waals surface area contributed by atoms with Crippen LogP contribution in [0, 0.1) is 0 Å². The second-order valence-corrected chi connectivity index (χ2v) is 1.34. The van der Waals surface area contributed by atoms with E-state index in [2.05, 4.69) is 0 Å². The Morgan fingerprint density at radius 2 is 1.56 bits per heavy atom. The van der Waals surface area contributed by atoms with Crippen molar-refractivity contribution in [2.75, 3.05) is 0 Å². The van der Waals surface area contributed by atoms with Gasteiger partial charge in [-0.2, -0.15) is 0 Å². The molecule has 1 unspecified atom stereocenters. The molecule has 0 aliphatic heterocycles. The van der Waals surface area contributed by atoms with Gasteiger partial charge in [0.2, 0.25) is 0 Å². The van der Waals surface area contributed by atoms with Crippen LogP contribution >= 0.6 is 9.12 Å². The second kappa shape index (κ2) is 5.26. The third-order valence-electron chi connectivity index (χ3n) is 0.756. The predicted octanol–water partition coefficient (Wildman–Crippen LogP) is 1.60. The number of hydrogen-bond acceptors (Lipinski definition) is 2. The molecule has 0 aliphatic carbocycles. The van der Waals surface area contributed by atoms with Gasteiger partial charge in [-0.1, -0.05) is 22.8 Å². The van der Waals surface area contributed by atoms with E-state index in [1.165, 1.54) is 9.12 Å². The summed E-state index contributed by atoms with van der Waals surface area (Å²) in [5.74, 6) is 0.322. The predicted molar refractivity (Wildman–Crippen MR) is 38.5 cm³/mol. The topological polar surface area (TPSA) is 37.3 Å². The fraction of sp³-hybridized carbons (Fsp3) is 0. The maximum atomic E-state index is 8.63. The standard InChI is InChI=1S/C6H6O.H2OP/c7-6-4-2-1-3-5-6;1-2/h1-5,7H;2H2/q;+1. The molecule has 1 aromatic rings. The zero-order valence-electron chi connectivity index (χ0n) is 4.82. The molecule has 0 amide bonds. The minimum atomic E-state index is 0.322. The van der Waals surface area contributed by atoms with Gasteiger partial charge in [0.25, 0.3) is 0 Å². The first-order chi connectivity index (χ1) is 4.39. The number of rotatable bonds is 0. The quantitative estimate of drug-likeness (QED) is 0.560. The van der Waals surface area contributed by atoms with Gasteiger partial charge >= 0.3 is 9.12 Å². The molecule has 0 bridgehead atoms. The van der Waals surface area contributed by atoms with Gasteiger partial charge in [-0.3, -0.25) is 0 Å². The van der Waals surface area contributed by atoms with Crippen molar-refractivity contribution in [3.63, 3.8) is 0 Å². The zero-order valence-corrected chi connectivity index (χ0v) is 5.97. The molecule has 9 heavy (non-hydrogen) atoms. The average Bonchev–Trinajstić information content (AvgIpc) is 1.94. The molecule has 0 spiro atoms. The summed E-state index contributed by atoms with van der Waals surface area (Å²) >= 11 is 0. The van der Waals surface area contributed by atoms with Crippen molar-refractivity contribution in [1.29, 1.82) is 0 Å². The van der Waals surface area contributed by atoms with Crippen LogP contribution in [0.5, 0.6) is 5.75 Å². The molecule has 0 fully saturated rings. The van der Waals surface area contributed by atoms with Gasteiger partial charge in [0.15, 0.2) is 0 Å². The summed E-state index contributed by atoms with van der Waals surface area (Å²) in [5, 5.41) is 8.63. The van der Waals surface area contributed by atoms with Crippen molar-refractivity contribution in [3.05, 3.63) is 30.3 Å². The average molecular weight is 143 g/mol. The third-order valence-corrected chi connectivity index (χ3v) is 0.756. The summed E-state index contributed by atoms with van der Waals surface area (Å²) in [5.41, 5.74) is 0. The molecule has 0 aliphatic rings. The molecule has 3 heteroatoms. The van der Waals surface area contributed by atoms with Crippen molar-refractivity contribution in [3.8, 4) is 5.75 Å². The summed E-state index contributed by atoms with van der Waals surface area (Å²) in [6.45, 7) is 0. The van der Waals surface area contributed by atoms with Crippen molar-refractivity contribution >= 4 is 9.12 Å². The SMILES string of the molecule is O=[PH2+].Oc1ccccc1. The van der Waals surface area contributed by atoms with Crippen LogP contribution in [0.1, 0.15) is 0 Å². The molecule has 1 aromatic carbocycles. The number of para-hydroxylation sites is 1. The van der Waals surface area contributed by atoms with E-state index < -0.39 is 0 Å². The fourth-order valence-corrected chi connectivity index (χ4v) is 0.428. The summed E-state index contributed by atoms with van der Waals surface area (Å²) in [6.07, 6.45) is 0. The lowest BCUT2D eigenvalue weighted by Crippen LogP contribution is -1.56. The Morgan fingerprint density at radius 1 is 1.11 bits per heavy atom. The molecule has 1 N–H and O–H groups in total. The first-order valence-electron chi connectivity index (χ1n) is 2.37. The van der Waals surface area contributed by atoms with E-state index in [1.54, 1.807) is 24.3 Å². The largest absolute Gasteiger partial charge is 0.508 e. The molecule has 1 atom stereocenters. The Balaban J connectivity index is 0.000000291. The highest BCUT2D eigenvalue weighted by Crippen LogP contribution is 2.02. The molecule has 2 nitrogen and oxygen atoms in total. The smallest absolute Gasteiger partial charge is 0.310 e. The summed E-state index contributed by atoms with van der Waals surface area (Å²) < 4.78 is 8.17. The minimum Gasteiger partial charge on any atom is -0.508 e. The van der Waals surface area contributed by atoms with Gasteiger partial charge in [-0.05, 0) is 12.1 Å². The van der Waals surface area contributed by atoms with E-state index in [-0.39, 0.29) is 0 Å². The Bertz CT molecular complexity index is 152. The van der Waals surface area contributed by atoms with E-state index in [0.29, 0.717) is 5.75 Å². The van der Waals surface area contributed by atoms with E-state index in [1.807, 2.05) is 6.07 Å². The Morgan fingerprint density at radius 3 is 1.78 bits per heavy atom. The van der Waals surface area contributed by atoms with Crippen LogP contribution in [-0.2, 0) is 4.57 Å². The zero-order chi connectivity index (χ0) is 7.11. The highest BCUT2D eigenvalue weighted by atomic mass is 31.0. The van der Waals surface area contributed by atoms with Crippen LogP contribution in [0.25, 0.3) is 0 Å². The van der Waals surface area contributed by atoms with E-state index in [0.717, 1.165) is 0 Å². The Hall–Kier alpha value is -0.880. The number of phenols is 1. The molecule has 48 valence electrons. The second-order valence-electron chi connectivity index (χ2n) is 1.34. The monoisotopic (exact) mass is 143 g/mol. The minimum absolute atomic E-state index is 0.322. The summed E-state index contributed by atoms with van der Waals surface area (Å²) in [6, 6.07) is 8.71. The maximum absolute atomic E-state index is 8.63. The molecule has 0 saturated carbocycles. The lowest BCUT2D eigenvalue weighted by Gasteiger charge is -1.82. The number of hydrogen-bond donors (Lipinski definition) is 1. The Kier molecular flexibility index (Phi) is 4.75. The summed E-state index contributed by atoms with van der Waals surface area (Å²) in [7, 11) is 1.17. The van der Waals surface area contributed by atoms with E-state index in [4.69, 9.17) is 9.67 Å². The molecular weight excluding hydrogens is 135 g/mol. The number of phenolic OH excluding ortho intramolecular Hbond substituents is 1. The van der Waals surface area contributed by atoms with Crippen LogP contribution < -0.4 is 0 Å². The Labute approximate surface area is 55.8 Å². The normalized spacial score (nSPS) is 7.11. The van der Waals surface area contributed by atoms with Crippen molar-refractivity contribution in [2.24, 2.45) is 0 Å². The van der Waals surface area contributed by atoms with Crippen LogP contribution in [0.4, 0.5) is 0 Å². The van der Waals surface area contributed by atoms with Crippen molar-refractivity contribution < 1.29 is 9.67 Å².